The van der Waals surface area contributed by atoms with Crippen molar-refractivity contribution in [1.29, 1.82) is 0 Å². The molecule has 0 atom stereocenters. The molecule has 0 fully saturated rings. The van der Waals surface area contributed by atoms with E-state index in [2.05, 4.69) is 18.1 Å². The summed E-state index contributed by atoms with van der Waals surface area (Å²) in [6, 6.07) is 40.6. The predicted octanol–water partition coefficient (Wildman–Crippen LogP) is 9.33. The molecule has 6 rings (SSSR count). The summed E-state index contributed by atoms with van der Waals surface area (Å²) in [5.74, 6) is -0.356. The van der Waals surface area contributed by atoms with Crippen LogP contribution < -0.4 is 9.80 Å². The maximum atomic E-state index is 13.9. The van der Waals surface area contributed by atoms with E-state index < -0.39 is 0 Å². The van der Waals surface area contributed by atoms with Crippen molar-refractivity contribution in [3.63, 3.8) is 0 Å². The normalized spacial score (nSPS) is 12.2. The largest absolute Gasteiger partial charge is 0.311 e. The van der Waals surface area contributed by atoms with Gasteiger partial charge >= 0.3 is 0 Å². The van der Waals surface area contributed by atoms with Gasteiger partial charge in [0, 0.05) is 56.4 Å². The van der Waals surface area contributed by atoms with Gasteiger partial charge in [-0.15, -0.1) is 0 Å². The minimum absolute atomic E-state index is 0.175. The molecule has 5 aromatic carbocycles. The first kappa shape index (κ1) is 26.5. The van der Waals surface area contributed by atoms with E-state index in [9.17, 15) is 9.59 Å². The van der Waals surface area contributed by atoms with E-state index in [0.29, 0.717) is 22.3 Å². The highest BCUT2D eigenvalue weighted by Gasteiger charge is 2.31. The molecule has 0 bridgehead atoms. The molecule has 202 valence electrons. The Labute approximate surface area is 245 Å². The molecule has 0 aliphatic heterocycles. The van der Waals surface area contributed by atoms with Gasteiger partial charge in [-0.2, -0.15) is 0 Å². The fraction of sp³-hybridized carbons (Fsp3) is 0. The van der Waals surface area contributed by atoms with Gasteiger partial charge in [-0.25, -0.2) is 0 Å². The summed E-state index contributed by atoms with van der Waals surface area (Å²) < 4.78 is 0. The highest BCUT2D eigenvalue weighted by atomic mass is 16.1. The lowest BCUT2D eigenvalue weighted by atomic mass is 9.83. The van der Waals surface area contributed by atoms with Crippen LogP contribution in [0.3, 0.4) is 0 Å². The standard InChI is InChI=1S/C38H28N2O2/c1-3-14-27(4-2)39(28-15-8-5-9-16-28)31-21-23-33-35(25-31)37(41)34-24-22-32(26-36(34)38(33)42)40(29-17-10-6-11-18-29)30-19-12-7-13-20-30/h3-26H,1-2H2/b27-14+. The molecule has 42 heavy (non-hydrogen) atoms. The SMILES string of the molecule is C=C/C=C(\C=C)N(c1ccccc1)c1ccc2c(c1)C(=O)c1ccc(N(c3ccccc3)c3ccccc3)cc1C2=O. The van der Waals surface area contributed by atoms with Gasteiger partial charge in [-0.3, -0.25) is 9.59 Å². The third kappa shape index (κ3) is 4.76. The number of ketones is 2. The average Bonchev–Trinajstić information content (AvgIpc) is 3.05. The van der Waals surface area contributed by atoms with Crippen LogP contribution in [-0.2, 0) is 0 Å². The van der Waals surface area contributed by atoms with Crippen LogP contribution in [0.5, 0.6) is 0 Å². The number of fused-ring (bicyclic) bond motifs is 2. The first-order valence-electron chi connectivity index (χ1n) is 13.7. The molecule has 1 aliphatic rings. The van der Waals surface area contributed by atoms with E-state index in [1.807, 2.05) is 120 Å². The Hall–Kier alpha value is -5.74. The van der Waals surface area contributed by atoms with E-state index in [0.717, 1.165) is 34.1 Å². The Morgan fingerprint density at radius 1 is 0.500 bits per heavy atom. The summed E-state index contributed by atoms with van der Waals surface area (Å²) in [4.78, 5) is 31.9. The quantitative estimate of drug-likeness (QED) is 0.179. The van der Waals surface area contributed by atoms with Crippen LogP contribution in [-0.4, -0.2) is 11.6 Å². The molecule has 4 heteroatoms. The molecule has 0 unspecified atom stereocenters. The minimum atomic E-state index is -0.181. The number of nitrogens with zero attached hydrogens (tertiary/aromatic N) is 2. The fourth-order valence-electron chi connectivity index (χ4n) is 5.38. The maximum Gasteiger partial charge on any atom is 0.194 e. The Balaban J connectivity index is 1.44. The van der Waals surface area contributed by atoms with Crippen LogP contribution in [0.1, 0.15) is 31.8 Å². The third-order valence-corrected chi connectivity index (χ3v) is 7.30. The molecule has 0 aromatic heterocycles. The molecule has 0 N–H and O–H groups in total. The van der Waals surface area contributed by atoms with Crippen LogP contribution in [0.2, 0.25) is 0 Å². The van der Waals surface area contributed by atoms with Crippen molar-refractivity contribution in [2.24, 2.45) is 0 Å². The molecule has 0 saturated heterocycles. The molecule has 1 aliphatic carbocycles. The second kappa shape index (κ2) is 11.4. The predicted molar refractivity (Wildman–Crippen MR) is 171 cm³/mol. The summed E-state index contributed by atoms with van der Waals surface area (Å²) in [5.41, 5.74) is 6.69. The topological polar surface area (TPSA) is 40.6 Å². The first-order valence-corrected chi connectivity index (χ1v) is 13.7. The summed E-state index contributed by atoms with van der Waals surface area (Å²) >= 11 is 0. The molecular weight excluding hydrogens is 516 g/mol. The maximum absolute atomic E-state index is 13.9. The zero-order chi connectivity index (χ0) is 29.1. The Morgan fingerprint density at radius 2 is 0.952 bits per heavy atom. The summed E-state index contributed by atoms with van der Waals surface area (Å²) in [5, 5.41) is 0. The number of anilines is 5. The van der Waals surface area contributed by atoms with Crippen molar-refractivity contribution in [3.05, 3.63) is 187 Å². The van der Waals surface area contributed by atoms with Gasteiger partial charge < -0.3 is 9.80 Å². The molecule has 4 nitrogen and oxygen atoms in total. The van der Waals surface area contributed by atoms with E-state index in [1.165, 1.54) is 0 Å². The smallest absolute Gasteiger partial charge is 0.194 e. The Bertz CT molecular complexity index is 1800. The van der Waals surface area contributed by atoms with Crippen molar-refractivity contribution in [3.8, 4) is 0 Å². The lowest BCUT2D eigenvalue weighted by Gasteiger charge is -2.29. The van der Waals surface area contributed by atoms with Gasteiger partial charge in [0.05, 0.1) is 0 Å². The van der Waals surface area contributed by atoms with Gasteiger partial charge in [0.15, 0.2) is 11.6 Å². The zero-order valence-electron chi connectivity index (χ0n) is 23.0. The van der Waals surface area contributed by atoms with Crippen LogP contribution in [0, 0.1) is 0 Å². The van der Waals surface area contributed by atoms with E-state index in [1.54, 1.807) is 30.4 Å². The van der Waals surface area contributed by atoms with E-state index >= 15 is 0 Å². The van der Waals surface area contributed by atoms with Crippen molar-refractivity contribution in [2.75, 3.05) is 9.80 Å². The molecule has 5 aromatic rings. The monoisotopic (exact) mass is 544 g/mol. The molecule has 0 amide bonds. The number of allylic oxidation sites excluding steroid dienone is 3. The van der Waals surface area contributed by atoms with Crippen molar-refractivity contribution in [1.82, 2.24) is 0 Å². The second-order valence-corrected chi connectivity index (χ2v) is 9.83. The van der Waals surface area contributed by atoms with E-state index in [-0.39, 0.29) is 11.6 Å². The zero-order valence-corrected chi connectivity index (χ0v) is 23.0. The molecule has 0 spiro atoms. The lowest BCUT2D eigenvalue weighted by molar-refractivity contribution is 0.0979. The lowest BCUT2D eigenvalue weighted by Crippen LogP contribution is -2.23. The number of para-hydroxylation sites is 3. The average molecular weight is 545 g/mol. The van der Waals surface area contributed by atoms with Crippen LogP contribution in [0.15, 0.2) is 164 Å². The summed E-state index contributed by atoms with van der Waals surface area (Å²) in [6.07, 6.45) is 5.29. The third-order valence-electron chi connectivity index (χ3n) is 7.30. The fourth-order valence-corrected chi connectivity index (χ4v) is 5.38. The van der Waals surface area contributed by atoms with Gasteiger partial charge in [0.2, 0.25) is 0 Å². The summed E-state index contributed by atoms with van der Waals surface area (Å²) in [7, 11) is 0. The highest BCUT2D eigenvalue weighted by molar-refractivity contribution is 6.29. The van der Waals surface area contributed by atoms with Crippen LogP contribution >= 0.6 is 0 Å². The Kier molecular flexibility index (Phi) is 7.19. The minimum Gasteiger partial charge on any atom is -0.311 e. The summed E-state index contributed by atoms with van der Waals surface area (Å²) in [6.45, 7) is 7.82. The van der Waals surface area contributed by atoms with Crippen LogP contribution in [0.25, 0.3) is 0 Å². The molecule has 0 saturated carbocycles. The second-order valence-electron chi connectivity index (χ2n) is 9.83. The number of carbonyl (C=O) groups excluding carboxylic acids is 2. The number of carbonyl (C=O) groups is 2. The molecule has 0 heterocycles. The van der Waals surface area contributed by atoms with Gasteiger partial charge in [0.25, 0.3) is 0 Å². The molecule has 0 radical (unpaired) electrons. The van der Waals surface area contributed by atoms with Gasteiger partial charge in [-0.05, 0) is 84.9 Å². The number of benzene rings is 5. The Morgan fingerprint density at radius 3 is 1.43 bits per heavy atom. The highest BCUT2D eigenvalue weighted by Crippen LogP contribution is 2.39. The van der Waals surface area contributed by atoms with Gasteiger partial charge in [-0.1, -0.05) is 73.8 Å². The number of hydrogen-bond donors (Lipinski definition) is 0. The van der Waals surface area contributed by atoms with Gasteiger partial charge in [0.1, 0.15) is 0 Å². The number of rotatable bonds is 8. The van der Waals surface area contributed by atoms with E-state index in [4.69, 9.17) is 0 Å². The van der Waals surface area contributed by atoms with Crippen molar-refractivity contribution < 1.29 is 9.59 Å². The number of hydrogen-bond acceptors (Lipinski definition) is 4. The van der Waals surface area contributed by atoms with Crippen molar-refractivity contribution in [2.45, 2.75) is 0 Å². The van der Waals surface area contributed by atoms with Crippen LogP contribution in [0.4, 0.5) is 28.4 Å². The molecular formula is C38H28N2O2. The first-order chi connectivity index (χ1) is 20.6. The van der Waals surface area contributed by atoms with Crippen molar-refractivity contribution >= 4 is 40.0 Å².